The zero-order valence-corrected chi connectivity index (χ0v) is 12.0. The normalized spacial score (nSPS) is 31.6. The van der Waals surface area contributed by atoms with Gasteiger partial charge in [-0.2, -0.15) is 0 Å². The number of rotatable bonds is 3. The first-order chi connectivity index (χ1) is 8.15. The SMILES string of the molecule is CCC(C)CN1CC2(CCCCC2)NCC1C. The monoisotopic (exact) mass is 238 g/mol. The Morgan fingerprint density at radius 3 is 2.65 bits per heavy atom. The molecule has 1 saturated carbocycles. The van der Waals surface area contributed by atoms with Crippen LogP contribution in [-0.2, 0) is 0 Å². The molecule has 0 radical (unpaired) electrons. The summed E-state index contributed by atoms with van der Waals surface area (Å²) in [4.78, 5) is 2.75. The Kier molecular flexibility index (Phi) is 4.48. The molecule has 0 bridgehead atoms. The molecule has 2 unspecified atom stereocenters. The molecule has 2 nitrogen and oxygen atoms in total. The van der Waals surface area contributed by atoms with Crippen LogP contribution >= 0.6 is 0 Å². The Hall–Kier alpha value is -0.0800. The first kappa shape index (κ1) is 13.4. The summed E-state index contributed by atoms with van der Waals surface area (Å²) in [6.45, 7) is 10.9. The molecule has 0 aromatic rings. The van der Waals surface area contributed by atoms with Crippen LogP contribution in [0.2, 0.25) is 0 Å². The van der Waals surface area contributed by atoms with Gasteiger partial charge < -0.3 is 5.32 Å². The number of hydrogen-bond donors (Lipinski definition) is 1. The molecular formula is C15H30N2. The molecular weight excluding hydrogens is 208 g/mol. The van der Waals surface area contributed by atoms with Gasteiger partial charge >= 0.3 is 0 Å². The third-order valence-corrected chi connectivity index (χ3v) is 4.96. The summed E-state index contributed by atoms with van der Waals surface area (Å²) in [5.41, 5.74) is 0.470. The van der Waals surface area contributed by atoms with E-state index in [2.05, 4.69) is 31.0 Å². The fourth-order valence-electron chi connectivity index (χ4n) is 3.43. The van der Waals surface area contributed by atoms with E-state index in [1.807, 2.05) is 0 Å². The zero-order valence-electron chi connectivity index (χ0n) is 12.0. The summed E-state index contributed by atoms with van der Waals surface area (Å²) in [7, 11) is 0. The Morgan fingerprint density at radius 1 is 1.29 bits per heavy atom. The fourth-order valence-corrected chi connectivity index (χ4v) is 3.43. The van der Waals surface area contributed by atoms with Crippen LogP contribution in [0.3, 0.4) is 0 Å². The van der Waals surface area contributed by atoms with E-state index in [9.17, 15) is 0 Å². The number of nitrogens with one attached hydrogen (secondary N) is 1. The van der Waals surface area contributed by atoms with Gasteiger partial charge in [-0.05, 0) is 25.7 Å². The van der Waals surface area contributed by atoms with Crippen LogP contribution in [0.15, 0.2) is 0 Å². The van der Waals surface area contributed by atoms with Crippen LogP contribution in [-0.4, -0.2) is 36.1 Å². The summed E-state index contributed by atoms with van der Waals surface area (Å²) < 4.78 is 0. The lowest BCUT2D eigenvalue weighted by Crippen LogP contribution is -2.64. The molecule has 0 aromatic carbocycles. The predicted molar refractivity (Wildman–Crippen MR) is 74.3 cm³/mol. The van der Waals surface area contributed by atoms with Crippen LogP contribution < -0.4 is 5.32 Å². The van der Waals surface area contributed by atoms with Crippen molar-refractivity contribution in [3.63, 3.8) is 0 Å². The maximum absolute atomic E-state index is 3.86. The van der Waals surface area contributed by atoms with Crippen molar-refractivity contribution in [3.8, 4) is 0 Å². The fraction of sp³-hybridized carbons (Fsp3) is 1.00. The van der Waals surface area contributed by atoms with E-state index in [0.29, 0.717) is 5.54 Å². The highest BCUT2D eigenvalue weighted by atomic mass is 15.2. The van der Waals surface area contributed by atoms with Crippen molar-refractivity contribution in [1.82, 2.24) is 10.2 Å². The highest BCUT2D eigenvalue weighted by molar-refractivity contribution is 4.98. The van der Waals surface area contributed by atoms with E-state index in [4.69, 9.17) is 0 Å². The number of hydrogen-bond acceptors (Lipinski definition) is 2. The van der Waals surface area contributed by atoms with Gasteiger partial charge in [0.15, 0.2) is 0 Å². The van der Waals surface area contributed by atoms with Crippen LogP contribution in [0.4, 0.5) is 0 Å². The van der Waals surface area contributed by atoms with E-state index < -0.39 is 0 Å². The number of piperazine rings is 1. The topological polar surface area (TPSA) is 15.3 Å². The summed E-state index contributed by atoms with van der Waals surface area (Å²) in [5, 5.41) is 3.86. The van der Waals surface area contributed by atoms with Gasteiger partial charge in [0, 0.05) is 31.2 Å². The predicted octanol–water partition coefficient (Wildman–Crippen LogP) is 3.03. The highest BCUT2D eigenvalue weighted by Crippen LogP contribution is 2.32. The first-order valence-electron chi connectivity index (χ1n) is 7.64. The molecule has 0 aromatic heterocycles. The van der Waals surface area contributed by atoms with Crippen molar-refractivity contribution >= 4 is 0 Å². The molecule has 1 spiro atoms. The quantitative estimate of drug-likeness (QED) is 0.813. The summed E-state index contributed by atoms with van der Waals surface area (Å²) in [5.74, 6) is 0.844. The average molecular weight is 238 g/mol. The maximum atomic E-state index is 3.86. The van der Waals surface area contributed by atoms with Gasteiger partial charge in [-0.25, -0.2) is 0 Å². The van der Waals surface area contributed by atoms with Gasteiger partial charge in [0.2, 0.25) is 0 Å². The second kappa shape index (κ2) is 5.71. The molecule has 17 heavy (non-hydrogen) atoms. The minimum absolute atomic E-state index is 0.470. The zero-order chi connectivity index (χ0) is 12.3. The number of nitrogens with zero attached hydrogens (tertiary/aromatic N) is 1. The van der Waals surface area contributed by atoms with Crippen LogP contribution in [0.1, 0.15) is 59.3 Å². The van der Waals surface area contributed by atoms with Crippen LogP contribution in [0.25, 0.3) is 0 Å². The molecule has 100 valence electrons. The molecule has 2 aliphatic rings. The van der Waals surface area contributed by atoms with Gasteiger partial charge in [-0.3, -0.25) is 4.90 Å². The summed E-state index contributed by atoms with van der Waals surface area (Å²) >= 11 is 0. The molecule has 1 aliphatic heterocycles. The third kappa shape index (κ3) is 3.23. The average Bonchev–Trinajstić information content (AvgIpc) is 2.35. The van der Waals surface area contributed by atoms with Gasteiger partial charge in [-0.1, -0.05) is 39.5 Å². The third-order valence-electron chi connectivity index (χ3n) is 4.96. The molecule has 2 heteroatoms. The standard InChI is InChI=1S/C15H30N2/c1-4-13(2)11-17-12-15(16-10-14(17)3)8-6-5-7-9-15/h13-14,16H,4-12H2,1-3H3. The van der Waals surface area contributed by atoms with Crippen molar-refractivity contribution < 1.29 is 0 Å². The Labute approximate surface area is 107 Å². The molecule has 1 heterocycles. The van der Waals surface area contributed by atoms with Crippen molar-refractivity contribution in [3.05, 3.63) is 0 Å². The largest absolute Gasteiger partial charge is 0.308 e. The smallest absolute Gasteiger partial charge is 0.0309 e. The maximum Gasteiger partial charge on any atom is 0.0309 e. The van der Waals surface area contributed by atoms with E-state index in [0.717, 1.165) is 12.0 Å². The van der Waals surface area contributed by atoms with Gasteiger partial charge in [0.25, 0.3) is 0 Å². The lowest BCUT2D eigenvalue weighted by atomic mass is 9.79. The lowest BCUT2D eigenvalue weighted by Gasteiger charge is -2.49. The molecule has 1 aliphatic carbocycles. The van der Waals surface area contributed by atoms with Gasteiger partial charge in [0.05, 0.1) is 0 Å². The first-order valence-corrected chi connectivity index (χ1v) is 7.64. The second-order valence-corrected chi connectivity index (χ2v) is 6.51. The summed E-state index contributed by atoms with van der Waals surface area (Å²) in [6, 6.07) is 0.719. The van der Waals surface area contributed by atoms with E-state index in [1.165, 1.54) is 58.2 Å². The summed E-state index contributed by atoms with van der Waals surface area (Å²) in [6.07, 6.45) is 8.42. The van der Waals surface area contributed by atoms with Gasteiger partial charge in [-0.15, -0.1) is 0 Å². The van der Waals surface area contributed by atoms with Crippen LogP contribution in [0.5, 0.6) is 0 Å². The molecule has 1 saturated heterocycles. The molecule has 2 atom stereocenters. The highest BCUT2D eigenvalue weighted by Gasteiger charge is 2.38. The van der Waals surface area contributed by atoms with Crippen molar-refractivity contribution in [2.24, 2.45) is 5.92 Å². The van der Waals surface area contributed by atoms with E-state index in [-0.39, 0.29) is 0 Å². The van der Waals surface area contributed by atoms with Crippen molar-refractivity contribution in [2.75, 3.05) is 19.6 Å². The van der Waals surface area contributed by atoms with Crippen LogP contribution in [0, 0.1) is 5.92 Å². The minimum atomic E-state index is 0.470. The Morgan fingerprint density at radius 2 is 2.00 bits per heavy atom. The molecule has 2 fully saturated rings. The van der Waals surface area contributed by atoms with E-state index in [1.54, 1.807) is 0 Å². The second-order valence-electron chi connectivity index (χ2n) is 6.51. The van der Waals surface area contributed by atoms with E-state index >= 15 is 0 Å². The lowest BCUT2D eigenvalue weighted by molar-refractivity contribution is 0.0526. The van der Waals surface area contributed by atoms with Gasteiger partial charge in [0.1, 0.15) is 0 Å². The molecule has 2 rings (SSSR count). The molecule has 1 N–H and O–H groups in total. The van der Waals surface area contributed by atoms with Crippen molar-refractivity contribution in [2.45, 2.75) is 70.9 Å². The molecule has 0 amide bonds. The minimum Gasteiger partial charge on any atom is -0.308 e. The Balaban J connectivity index is 1.95. The Bertz CT molecular complexity index is 233. The van der Waals surface area contributed by atoms with Crippen molar-refractivity contribution in [1.29, 1.82) is 0 Å².